The Balaban J connectivity index is 1.98. The molecule has 0 radical (unpaired) electrons. The second kappa shape index (κ2) is 8.91. The lowest BCUT2D eigenvalue weighted by Gasteiger charge is -2.26. The summed E-state index contributed by atoms with van der Waals surface area (Å²) < 4.78 is 7.56. The van der Waals surface area contributed by atoms with Gasteiger partial charge in [-0.1, -0.05) is 48.5 Å². The first-order valence-corrected chi connectivity index (χ1v) is 10.4. The van der Waals surface area contributed by atoms with E-state index in [0.717, 1.165) is 16.9 Å². The average molecular weight is 417 g/mol. The van der Waals surface area contributed by atoms with Crippen LogP contribution >= 0.6 is 11.3 Å². The maximum atomic E-state index is 13.3. The highest BCUT2D eigenvalue weighted by atomic mass is 32.1. The maximum Gasteiger partial charge on any atom is 0.273 e. The first-order chi connectivity index (χ1) is 14.7. The molecular weight excluding hydrogens is 398 g/mol. The topological polar surface area (TPSA) is 75.3 Å². The number of carbonyl (C=O) groups excluding carboxylic acids is 1. The van der Waals surface area contributed by atoms with Gasteiger partial charge < -0.3 is 9.64 Å². The van der Waals surface area contributed by atoms with Gasteiger partial charge in [-0.15, -0.1) is 11.3 Å². The third-order valence-corrected chi connectivity index (χ3v) is 5.87. The second-order valence-corrected chi connectivity index (χ2v) is 7.72. The van der Waals surface area contributed by atoms with Crippen LogP contribution in [0.2, 0.25) is 0 Å². The molecule has 1 amide bonds. The van der Waals surface area contributed by atoms with Crippen LogP contribution < -0.4 is 14.8 Å². The number of carbonyl (C=O) groups is 1. The summed E-state index contributed by atoms with van der Waals surface area (Å²) in [5.41, 5.74) is 1.20. The van der Waals surface area contributed by atoms with Crippen LogP contribution in [0.25, 0.3) is 17.3 Å². The van der Waals surface area contributed by atoms with Crippen molar-refractivity contribution in [3.05, 3.63) is 85.8 Å². The number of para-hydroxylation sites is 1. The molecule has 6 nitrogen and oxygen atoms in total. The molecule has 1 aliphatic heterocycles. The van der Waals surface area contributed by atoms with Crippen LogP contribution in [-0.4, -0.2) is 41.7 Å². The Morgan fingerprint density at radius 1 is 1.03 bits per heavy atom. The van der Waals surface area contributed by atoms with E-state index in [1.165, 1.54) is 4.57 Å². The zero-order valence-corrected chi connectivity index (χ0v) is 17.0. The van der Waals surface area contributed by atoms with Crippen molar-refractivity contribution in [2.24, 2.45) is 0 Å². The molecule has 0 aliphatic carbocycles. The van der Waals surface area contributed by atoms with Gasteiger partial charge in [-0.05, 0) is 23.8 Å². The summed E-state index contributed by atoms with van der Waals surface area (Å²) in [4.78, 5) is 28.0. The summed E-state index contributed by atoms with van der Waals surface area (Å²) in [7, 11) is 0. The fraction of sp³-hybridized carbons (Fsp3) is 0.174. The molecule has 1 saturated heterocycles. The molecule has 2 heterocycles. The summed E-state index contributed by atoms with van der Waals surface area (Å²) in [6.07, 6.45) is 1.78. The quantitative estimate of drug-likeness (QED) is 0.643. The summed E-state index contributed by atoms with van der Waals surface area (Å²) in [6.45, 7) is 1.72. The molecule has 2 aromatic carbocycles. The zero-order chi connectivity index (χ0) is 20.9. The summed E-state index contributed by atoms with van der Waals surface area (Å²) in [5.74, 6) is -0.377. The number of aromatic nitrogens is 1. The van der Waals surface area contributed by atoms with E-state index in [0.29, 0.717) is 41.2 Å². The third kappa shape index (κ3) is 3.96. The van der Waals surface area contributed by atoms with Crippen molar-refractivity contribution in [3.8, 4) is 11.8 Å². The number of nitriles is 1. The van der Waals surface area contributed by atoms with Crippen molar-refractivity contribution < 1.29 is 9.53 Å². The Bertz CT molecular complexity index is 1270. The highest BCUT2D eigenvalue weighted by Gasteiger charge is 2.23. The van der Waals surface area contributed by atoms with Gasteiger partial charge in [0.1, 0.15) is 10.7 Å². The molecule has 3 aromatic rings. The van der Waals surface area contributed by atoms with Crippen LogP contribution in [0, 0.1) is 11.3 Å². The van der Waals surface area contributed by atoms with Crippen molar-refractivity contribution >= 4 is 28.9 Å². The van der Waals surface area contributed by atoms with Gasteiger partial charge in [-0.3, -0.25) is 14.2 Å². The lowest BCUT2D eigenvalue weighted by atomic mass is 10.2. The van der Waals surface area contributed by atoms with E-state index in [4.69, 9.17) is 4.74 Å². The molecule has 1 aromatic heterocycles. The van der Waals surface area contributed by atoms with E-state index in [1.807, 2.05) is 48.5 Å². The van der Waals surface area contributed by atoms with Gasteiger partial charge in [0.05, 0.1) is 23.4 Å². The predicted octanol–water partition coefficient (Wildman–Crippen LogP) is 1.26. The van der Waals surface area contributed by atoms with E-state index in [-0.39, 0.29) is 17.0 Å². The van der Waals surface area contributed by atoms with Gasteiger partial charge in [0.25, 0.3) is 11.5 Å². The van der Waals surface area contributed by atoms with Gasteiger partial charge in [0.2, 0.25) is 0 Å². The smallest absolute Gasteiger partial charge is 0.273 e. The van der Waals surface area contributed by atoms with Gasteiger partial charge in [-0.2, -0.15) is 5.26 Å². The minimum absolute atomic E-state index is 0.0319. The lowest BCUT2D eigenvalue weighted by molar-refractivity contribution is -0.128. The molecule has 7 heteroatoms. The Labute approximate surface area is 177 Å². The number of nitrogens with zero attached hydrogens (tertiary/aromatic N) is 3. The van der Waals surface area contributed by atoms with E-state index >= 15 is 0 Å². The number of amides is 1. The van der Waals surface area contributed by atoms with Crippen LogP contribution in [0.5, 0.6) is 0 Å². The number of ether oxygens (including phenoxy) is 1. The summed E-state index contributed by atoms with van der Waals surface area (Å²) in [6, 6.07) is 20.6. The van der Waals surface area contributed by atoms with Crippen molar-refractivity contribution in [2.45, 2.75) is 0 Å². The van der Waals surface area contributed by atoms with Gasteiger partial charge >= 0.3 is 0 Å². The standard InChI is InChI=1S/C23H19N3O3S/c24-16-19(21(27)25-11-13-29-14-12-25)23-26(18-9-5-2-6-10-18)22(28)20(30-23)15-17-7-3-1-4-8-17/h1-10,15H,11-14H2/b20-15+,23-19+. The zero-order valence-electron chi connectivity index (χ0n) is 16.2. The second-order valence-electron chi connectivity index (χ2n) is 6.69. The first-order valence-electron chi connectivity index (χ1n) is 9.54. The predicted molar refractivity (Wildman–Crippen MR) is 116 cm³/mol. The maximum absolute atomic E-state index is 13.3. The Morgan fingerprint density at radius 2 is 1.67 bits per heavy atom. The Kier molecular flexibility index (Phi) is 5.89. The number of benzene rings is 2. The molecule has 0 bridgehead atoms. The van der Waals surface area contributed by atoms with Crippen molar-refractivity contribution in [1.29, 1.82) is 5.26 Å². The average Bonchev–Trinajstić information content (AvgIpc) is 3.11. The minimum atomic E-state index is -0.377. The lowest BCUT2D eigenvalue weighted by Crippen LogP contribution is -2.42. The molecular formula is C23H19N3O3S. The molecule has 0 unspecified atom stereocenters. The largest absolute Gasteiger partial charge is 0.378 e. The van der Waals surface area contributed by atoms with Crippen molar-refractivity contribution in [1.82, 2.24) is 9.47 Å². The van der Waals surface area contributed by atoms with E-state index in [2.05, 4.69) is 6.07 Å². The highest BCUT2D eigenvalue weighted by molar-refractivity contribution is 7.07. The number of thiazole rings is 1. The molecule has 0 atom stereocenters. The molecule has 1 fully saturated rings. The normalized spacial score (nSPS) is 15.6. The number of morpholine rings is 1. The fourth-order valence-electron chi connectivity index (χ4n) is 3.27. The molecule has 0 spiro atoms. The minimum Gasteiger partial charge on any atom is -0.378 e. The van der Waals surface area contributed by atoms with Gasteiger partial charge in [-0.25, -0.2) is 0 Å². The monoisotopic (exact) mass is 417 g/mol. The highest BCUT2D eigenvalue weighted by Crippen LogP contribution is 2.08. The van der Waals surface area contributed by atoms with Crippen molar-refractivity contribution in [3.63, 3.8) is 0 Å². The third-order valence-electron chi connectivity index (χ3n) is 4.77. The molecule has 1 aliphatic rings. The number of rotatable bonds is 3. The summed E-state index contributed by atoms with van der Waals surface area (Å²) >= 11 is 1.16. The van der Waals surface area contributed by atoms with E-state index in [9.17, 15) is 14.9 Å². The van der Waals surface area contributed by atoms with Crippen LogP contribution in [0.15, 0.2) is 65.5 Å². The molecule has 30 heavy (non-hydrogen) atoms. The van der Waals surface area contributed by atoms with E-state index < -0.39 is 0 Å². The molecule has 0 saturated carbocycles. The molecule has 4 rings (SSSR count). The SMILES string of the molecule is N#C/C(C(=O)N1CCOCC1)=c1\s/c(=C/c2ccccc2)c(=O)n1-c1ccccc1. The van der Waals surface area contributed by atoms with Gasteiger partial charge in [0, 0.05) is 13.1 Å². The Hall–Kier alpha value is -3.47. The first kappa shape index (κ1) is 19.8. The van der Waals surface area contributed by atoms with Crippen LogP contribution in [0.1, 0.15) is 5.56 Å². The van der Waals surface area contributed by atoms with Crippen LogP contribution in [0.3, 0.4) is 0 Å². The summed E-state index contributed by atoms with van der Waals surface area (Å²) in [5, 5.41) is 9.86. The van der Waals surface area contributed by atoms with Crippen LogP contribution in [0.4, 0.5) is 0 Å². The molecule has 150 valence electrons. The number of hydrogen-bond acceptors (Lipinski definition) is 5. The molecule has 0 N–H and O–H groups in total. The fourth-order valence-corrected chi connectivity index (χ4v) is 4.37. The van der Waals surface area contributed by atoms with E-state index in [1.54, 1.807) is 23.1 Å². The van der Waals surface area contributed by atoms with Crippen LogP contribution in [-0.2, 0) is 9.53 Å². The van der Waals surface area contributed by atoms with Gasteiger partial charge in [0.15, 0.2) is 5.57 Å². The van der Waals surface area contributed by atoms with Crippen molar-refractivity contribution in [2.75, 3.05) is 26.3 Å². The number of hydrogen-bond donors (Lipinski definition) is 0. The Morgan fingerprint density at radius 3 is 2.30 bits per heavy atom.